The van der Waals surface area contributed by atoms with E-state index in [-0.39, 0.29) is 6.61 Å². The van der Waals surface area contributed by atoms with Crippen molar-refractivity contribution in [3.8, 4) is 0 Å². The molecule has 98 valence electrons. The number of hydrogen-bond acceptors (Lipinski definition) is 3. The quantitative estimate of drug-likeness (QED) is 0.813. The second kappa shape index (κ2) is 6.55. The van der Waals surface area contributed by atoms with Crippen LogP contribution in [0.2, 0.25) is 0 Å². The van der Waals surface area contributed by atoms with Crippen molar-refractivity contribution < 1.29 is 9.90 Å². The maximum absolute atomic E-state index is 11.1. The highest BCUT2D eigenvalue weighted by molar-refractivity contribution is 5.84. The van der Waals surface area contributed by atoms with E-state index >= 15 is 0 Å². The molecule has 1 aromatic rings. The Bertz CT molecular complexity index is 386. The van der Waals surface area contributed by atoms with Gasteiger partial charge in [0, 0.05) is 23.8 Å². The Hall–Kier alpha value is -1.35. The number of carbonyl (C=O) groups is 1. The van der Waals surface area contributed by atoms with Crippen LogP contribution in [0.25, 0.3) is 0 Å². The van der Waals surface area contributed by atoms with Crippen molar-refractivity contribution in [2.75, 3.05) is 18.1 Å². The number of para-hydroxylation sites is 1. The molecule has 2 rings (SSSR count). The molecule has 1 aliphatic carbocycles. The molecule has 3 heteroatoms. The number of nitrogens with zero attached hydrogens (tertiary/aromatic N) is 1. The predicted octanol–water partition coefficient (Wildman–Crippen LogP) is 2.63. The van der Waals surface area contributed by atoms with E-state index in [1.165, 1.54) is 19.3 Å². The van der Waals surface area contributed by atoms with Gasteiger partial charge in [0.15, 0.2) is 6.29 Å². The second-order valence-electron chi connectivity index (χ2n) is 4.89. The number of hydrogen-bond donors (Lipinski definition) is 1. The Kier molecular flexibility index (Phi) is 4.76. The van der Waals surface area contributed by atoms with Gasteiger partial charge < -0.3 is 10.0 Å². The Morgan fingerprint density at radius 3 is 2.61 bits per heavy atom. The smallest absolute Gasteiger partial charge is 0.152 e. The monoisotopic (exact) mass is 247 g/mol. The molecule has 3 nitrogen and oxygen atoms in total. The van der Waals surface area contributed by atoms with Crippen molar-refractivity contribution in [2.24, 2.45) is 0 Å². The summed E-state index contributed by atoms with van der Waals surface area (Å²) in [5.41, 5.74) is 1.69. The highest BCUT2D eigenvalue weighted by atomic mass is 16.3. The number of benzene rings is 1. The lowest BCUT2D eigenvalue weighted by molar-refractivity contribution is 0.112. The van der Waals surface area contributed by atoms with E-state index in [0.717, 1.165) is 30.4 Å². The van der Waals surface area contributed by atoms with E-state index in [9.17, 15) is 9.90 Å². The topological polar surface area (TPSA) is 40.5 Å². The van der Waals surface area contributed by atoms with Crippen LogP contribution in [0, 0.1) is 0 Å². The van der Waals surface area contributed by atoms with E-state index in [1.807, 2.05) is 24.3 Å². The molecule has 0 saturated heterocycles. The van der Waals surface area contributed by atoms with Gasteiger partial charge in [-0.3, -0.25) is 4.79 Å². The van der Waals surface area contributed by atoms with Crippen molar-refractivity contribution in [1.82, 2.24) is 0 Å². The summed E-state index contributed by atoms with van der Waals surface area (Å²) in [5.74, 6) is 0. The van der Waals surface area contributed by atoms with Crippen molar-refractivity contribution >= 4 is 12.0 Å². The van der Waals surface area contributed by atoms with Crippen LogP contribution in [0.15, 0.2) is 24.3 Å². The van der Waals surface area contributed by atoms with Gasteiger partial charge >= 0.3 is 0 Å². The molecule has 0 radical (unpaired) electrons. The molecule has 18 heavy (non-hydrogen) atoms. The third-order valence-electron chi connectivity index (χ3n) is 3.73. The zero-order valence-corrected chi connectivity index (χ0v) is 10.7. The summed E-state index contributed by atoms with van der Waals surface area (Å²) >= 11 is 0. The molecule has 1 saturated carbocycles. The average Bonchev–Trinajstić information content (AvgIpc) is 2.46. The fourth-order valence-electron chi connectivity index (χ4n) is 2.85. The third kappa shape index (κ3) is 2.91. The van der Waals surface area contributed by atoms with Crippen LogP contribution < -0.4 is 4.90 Å². The molecule has 1 N–H and O–H groups in total. The van der Waals surface area contributed by atoms with Gasteiger partial charge in [-0.25, -0.2) is 0 Å². The normalized spacial score (nSPS) is 16.5. The lowest BCUT2D eigenvalue weighted by atomic mass is 9.93. The first-order chi connectivity index (χ1) is 8.86. The first kappa shape index (κ1) is 13.1. The minimum absolute atomic E-state index is 0.129. The Morgan fingerprint density at radius 1 is 1.22 bits per heavy atom. The molecule has 1 aromatic carbocycles. The molecule has 1 aliphatic rings. The Balaban J connectivity index is 2.24. The van der Waals surface area contributed by atoms with Crippen LogP contribution in [-0.4, -0.2) is 30.6 Å². The maximum Gasteiger partial charge on any atom is 0.152 e. The zero-order valence-electron chi connectivity index (χ0n) is 10.7. The standard InChI is InChI=1S/C15H21NO2/c17-11-10-16(14-7-2-1-3-8-14)15-9-5-4-6-13(15)12-18/h4-6,9,12,14,17H,1-3,7-8,10-11H2. The third-order valence-corrected chi connectivity index (χ3v) is 3.73. The molecule has 0 bridgehead atoms. The van der Waals surface area contributed by atoms with E-state index in [1.54, 1.807) is 0 Å². The van der Waals surface area contributed by atoms with Crippen LogP contribution in [-0.2, 0) is 0 Å². The molecule has 1 fully saturated rings. The molecule has 0 aliphatic heterocycles. The van der Waals surface area contributed by atoms with Gasteiger partial charge in [-0.05, 0) is 25.0 Å². The minimum atomic E-state index is 0.129. The summed E-state index contributed by atoms with van der Waals surface area (Å²) in [5, 5.41) is 9.26. The molecule has 0 aromatic heterocycles. The zero-order chi connectivity index (χ0) is 12.8. The lowest BCUT2D eigenvalue weighted by Crippen LogP contribution is -2.39. The fraction of sp³-hybridized carbons (Fsp3) is 0.533. The van der Waals surface area contributed by atoms with Gasteiger partial charge in [0.05, 0.1) is 6.61 Å². The molecular weight excluding hydrogens is 226 g/mol. The van der Waals surface area contributed by atoms with Crippen LogP contribution >= 0.6 is 0 Å². The van der Waals surface area contributed by atoms with Gasteiger partial charge in [0.2, 0.25) is 0 Å². The first-order valence-corrected chi connectivity index (χ1v) is 6.78. The van der Waals surface area contributed by atoms with Gasteiger partial charge in [0.25, 0.3) is 0 Å². The summed E-state index contributed by atoms with van der Waals surface area (Å²) in [6.07, 6.45) is 7.02. The molecule has 0 unspecified atom stereocenters. The van der Waals surface area contributed by atoms with Crippen LogP contribution in [0.1, 0.15) is 42.5 Å². The van der Waals surface area contributed by atoms with Crippen LogP contribution in [0.4, 0.5) is 5.69 Å². The van der Waals surface area contributed by atoms with E-state index in [0.29, 0.717) is 12.6 Å². The molecular formula is C15H21NO2. The Morgan fingerprint density at radius 2 is 1.94 bits per heavy atom. The number of aliphatic hydroxyl groups is 1. The fourth-order valence-corrected chi connectivity index (χ4v) is 2.85. The van der Waals surface area contributed by atoms with Crippen molar-refractivity contribution in [1.29, 1.82) is 0 Å². The number of aldehydes is 1. The second-order valence-corrected chi connectivity index (χ2v) is 4.89. The number of aliphatic hydroxyl groups excluding tert-OH is 1. The van der Waals surface area contributed by atoms with Crippen molar-refractivity contribution in [3.05, 3.63) is 29.8 Å². The summed E-state index contributed by atoms with van der Waals surface area (Å²) in [7, 11) is 0. The van der Waals surface area contributed by atoms with Crippen molar-refractivity contribution in [3.63, 3.8) is 0 Å². The largest absolute Gasteiger partial charge is 0.395 e. The van der Waals surface area contributed by atoms with E-state index < -0.39 is 0 Å². The summed E-state index contributed by atoms with van der Waals surface area (Å²) in [4.78, 5) is 13.3. The van der Waals surface area contributed by atoms with E-state index in [4.69, 9.17) is 0 Å². The van der Waals surface area contributed by atoms with Gasteiger partial charge in [-0.15, -0.1) is 0 Å². The van der Waals surface area contributed by atoms with Crippen molar-refractivity contribution in [2.45, 2.75) is 38.1 Å². The molecule has 0 spiro atoms. The van der Waals surface area contributed by atoms with Gasteiger partial charge in [-0.2, -0.15) is 0 Å². The summed E-state index contributed by atoms with van der Waals surface area (Å²) in [6.45, 7) is 0.735. The Labute approximate surface area is 108 Å². The maximum atomic E-state index is 11.1. The molecule has 0 heterocycles. The predicted molar refractivity (Wildman–Crippen MR) is 73.1 cm³/mol. The van der Waals surface area contributed by atoms with Crippen LogP contribution in [0.3, 0.4) is 0 Å². The summed E-state index contributed by atoms with van der Waals surface area (Å²) < 4.78 is 0. The number of anilines is 1. The number of carbonyl (C=O) groups excluding carboxylic acids is 1. The minimum Gasteiger partial charge on any atom is -0.395 e. The van der Waals surface area contributed by atoms with E-state index in [2.05, 4.69) is 4.90 Å². The average molecular weight is 247 g/mol. The van der Waals surface area contributed by atoms with Gasteiger partial charge in [0.1, 0.15) is 0 Å². The SMILES string of the molecule is O=Cc1ccccc1N(CCO)C1CCCCC1. The number of rotatable bonds is 5. The van der Waals surface area contributed by atoms with Gasteiger partial charge in [-0.1, -0.05) is 31.4 Å². The first-order valence-electron chi connectivity index (χ1n) is 6.78. The molecule has 0 amide bonds. The lowest BCUT2D eigenvalue weighted by Gasteiger charge is -2.36. The highest BCUT2D eigenvalue weighted by Crippen LogP contribution is 2.28. The summed E-state index contributed by atoms with van der Waals surface area (Å²) in [6, 6.07) is 8.12. The highest BCUT2D eigenvalue weighted by Gasteiger charge is 2.22. The van der Waals surface area contributed by atoms with Crippen LogP contribution in [0.5, 0.6) is 0 Å². The molecule has 0 atom stereocenters.